The molecule has 1 heterocycles. The molecular formula is C22H15Cl2N3O2S2. The van der Waals surface area contributed by atoms with E-state index in [1.165, 1.54) is 35.6 Å². The summed E-state index contributed by atoms with van der Waals surface area (Å²) in [7, 11) is -3.78. The van der Waals surface area contributed by atoms with Gasteiger partial charge in [0.25, 0.3) is 10.0 Å². The van der Waals surface area contributed by atoms with Gasteiger partial charge in [0.05, 0.1) is 16.3 Å². The Bertz CT molecular complexity index is 1350. The average molecular weight is 488 g/mol. The number of hydrogen-bond acceptors (Lipinski definition) is 5. The summed E-state index contributed by atoms with van der Waals surface area (Å²) in [5.74, 6) is 0. The van der Waals surface area contributed by atoms with Crippen molar-refractivity contribution in [2.24, 2.45) is 4.99 Å². The van der Waals surface area contributed by atoms with Crippen LogP contribution in [0.25, 0.3) is 11.3 Å². The second kappa shape index (κ2) is 9.20. The van der Waals surface area contributed by atoms with Gasteiger partial charge in [0, 0.05) is 32.8 Å². The molecule has 1 N–H and O–H groups in total. The quantitative estimate of drug-likeness (QED) is 0.308. The Morgan fingerprint density at radius 3 is 2.42 bits per heavy atom. The number of para-hydroxylation sites is 1. The zero-order valence-electron chi connectivity index (χ0n) is 15.9. The summed E-state index contributed by atoms with van der Waals surface area (Å²) in [5, 5.41) is 3.43. The Morgan fingerprint density at radius 1 is 0.935 bits per heavy atom. The van der Waals surface area contributed by atoms with E-state index in [0.29, 0.717) is 32.1 Å². The van der Waals surface area contributed by atoms with E-state index in [-0.39, 0.29) is 4.90 Å². The smallest absolute Gasteiger partial charge is 0.261 e. The topological polar surface area (TPSA) is 71.4 Å². The second-order valence-electron chi connectivity index (χ2n) is 6.40. The molecule has 0 radical (unpaired) electrons. The molecule has 3 aromatic carbocycles. The molecule has 156 valence electrons. The number of benzene rings is 3. The van der Waals surface area contributed by atoms with Gasteiger partial charge in [0.15, 0.2) is 0 Å². The van der Waals surface area contributed by atoms with E-state index < -0.39 is 10.0 Å². The number of thiazole rings is 1. The Balaban J connectivity index is 1.61. The fraction of sp³-hybridized carbons (Fsp3) is 0. The molecule has 0 saturated heterocycles. The molecule has 0 fully saturated rings. The van der Waals surface area contributed by atoms with E-state index in [1.54, 1.807) is 30.5 Å². The highest BCUT2D eigenvalue weighted by atomic mass is 35.5. The average Bonchev–Trinajstić information content (AvgIpc) is 3.22. The number of nitrogens with zero attached hydrogens (tertiary/aromatic N) is 2. The maximum atomic E-state index is 12.8. The van der Waals surface area contributed by atoms with Gasteiger partial charge in [-0.2, -0.15) is 0 Å². The van der Waals surface area contributed by atoms with Crippen molar-refractivity contribution in [2.45, 2.75) is 4.90 Å². The Kier molecular flexibility index (Phi) is 6.38. The number of aromatic nitrogens is 1. The molecule has 0 aliphatic rings. The number of aliphatic imine (C=N–C) groups is 1. The monoisotopic (exact) mass is 487 g/mol. The predicted octanol–water partition coefficient (Wildman–Crippen LogP) is 6.67. The number of hydrogen-bond donors (Lipinski definition) is 1. The predicted molar refractivity (Wildman–Crippen MR) is 129 cm³/mol. The van der Waals surface area contributed by atoms with Crippen molar-refractivity contribution in [2.75, 3.05) is 4.72 Å². The van der Waals surface area contributed by atoms with Gasteiger partial charge in [-0.3, -0.25) is 4.72 Å². The highest BCUT2D eigenvalue weighted by molar-refractivity contribution is 7.92. The first-order valence-corrected chi connectivity index (χ1v) is 12.2. The Hall–Kier alpha value is -2.71. The van der Waals surface area contributed by atoms with Crippen molar-refractivity contribution in [1.82, 2.24) is 4.98 Å². The lowest BCUT2D eigenvalue weighted by Gasteiger charge is -2.11. The van der Waals surface area contributed by atoms with E-state index in [4.69, 9.17) is 23.2 Å². The largest absolute Gasteiger partial charge is 0.279 e. The molecule has 4 rings (SSSR count). The Labute approximate surface area is 194 Å². The van der Waals surface area contributed by atoms with Crippen LogP contribution in [0, 0.1) is 0 Å². The summed E-state index contributed by atoms with van der Waals surface area (Å²) >= 11 is 13.4. The minimum absolute atomic E-state index is 0.120. The summed E-state index contributed by atoms with van der Waals surface area (Å²) in [6.45, 7) is 0. The van der Waals surface area contributed by atoms with Crippen LogP contribution in [0.3, 0.4) is 0 Å². The molecule has 5 nitrogen and oxygen atoms in total. The van der Waals surface area contributed by atoms with Crippen molar-refractivity contribution < 1.29 is 8.42 Å². The minimum Gasteiger partial charge on any atom is -0.279 e. The van der Waals surface area contributed by atoms with Crippen molar-refractivity contribution in [3.05, 3.63) is 93.8 Å². The third-order valence-corrected chi connectivity index (χ3v) is 7.01. The summed E-state index contributed by atoms with van der Waals surface area (Å²) in [6, 6.07) is 20.4. The van der Waals surface area contributed by atoms with Gasteiger partial charge in [0.1, 0.15) is 0 Å². The minimum atomic E-state index is -3.78. The lowest BCUT2D eigenvalue weighted by molar-refractivity contribution is 0.601. The van der Waals surface area contributed by atoms with Gasteiger partial charge < -0.3 is 0 Å². The molecule has 0 amide bonds. The molecule has 0 atom stereocenters. The summed E-state index contributed by atoms with van der Waals surface area (Å²) in [5.41, 5.74) is 2.47. The van der Waals surface area contributed by atoms with Crippen LogP contribution in [0.2, 0.25) is 10.0 Å². The summed E-state index contributed by atoms with van der Waals surface area (Å²) < 4.78 is 28.2. The first kappa shape index (κ1) is 21.5. The zero-order chi connectivity index (χ0) is 21.8. The zero-order valence-corrected chi connectivity index (χ0v) is 19.0. The normalized spacial score (nSPS) is 11.7. The Morgan fingerprint density at radius 2 is 1.65 bits per heavy atom. The van der Waals surface area contributed by atoms with Crippen LogP contribution in [0.1, 0.15) is 5.56 Å². The van der Waals surface area contributed by atoms with Crippen LogP contribution in [0.15, 0.2) is 88.1 Å². The fourth-order valence-electron chi connectivity index (χ4n) is 2.76. The van der Waals surface area contributed by atoms with Crippen LogP contribution in [0.4, 0.5) is 10.8 Å². The fourth-order valence-corrected chi connectivity index (χ4v) is 4.82. The number of halogens is 2. The molecule has 9 heteroatoms. The van der Waals surface area contributed by atoms with E-state index in [1.807, 2.05) is 29.6 Å². The SMILES string of the molecule is O=S(=O)(Nc1ccccc1-c1csc(/N=C/c2ccccc2Cl)n1)c1ccc(Cl)cc1. The summed E-state index contributed by atoms with van der Waals surface area (Å²) in [6.07, 6.45) is 1.65. The molecule has 0 aliphatic carbocycles. The van der Waals surface area contributed by atoms with Gasteiger partial charge >= 0.3 is 0 Å². The van der Waals surface area contributed by atoms with Crippen LogP contribution < -0.4 is 4.72 Å². The third-order valence-electron chi connectivity index (χ3n) is 4.28. The van der Waals surface area contributed by atoms with E-state index in [2.05, 4.69) is 14.7 Å². The lowest BCUT2D eigenvalue weighted by atomic mass is 10.1. The first-order chi connectivity index (χ1) is 14.9. The van der Waals surface area contributed by atoms with Crippen LogP contribution in [-0.2, 0) is 10.0 Å². The molecule has 0 saturated carbocycles. The van der Waals surface area contributed by atoms with Gasteiger partial charge in [-0.05, 0) is 36.4 Å². The number of anilines is 1. The maximum absolute atomic E-state index is 12.8. The van der Waals surface area contributed by atoms with Crippen LogP contribution >= 0.6 is 34.5 Å². The van der Waals surface area contributed by atoms with E-state index >= 15 is 0 Å². The van der Waals surface area contributed by atoms with Gasteiger partial charge in [0.2, 0.25) is 5.13 Å². The second-order valence-corrected chi connectivity index (χ2v) is 9.76. The molecule has 4 aromatic rings. The van der Waals surface area contributed by atoms with Crippen LogP contribution in [-0.4, -0.2) is 19.6 Å². The highest BCUT2D eigenvalue weighted by Gasteiger charge is 2.17. The molecule has 0 unspecified atom stereocenters. The van der Waals surface area contributed by atoms with Crippen molar-refractivity contribution in [3.63, 3.8) is 0 Å². The van der Waals surface area contributed by atoms with Crippen molar-refractivity contribution in [1.29, 1.82) is 0 Å². The standard InChI is InChI=1S/C22H15Cl2N3O2S2/c23-16-9-11-17(12-10-16)31(28,29)27-20-8-4-2-6-18(20)21-14-30-22(26-21)25-13-15-5-1-3-7-19(15)24/h1-14,27H/b25-13+. The number of sulfonamides is 1. The molecule has 0 aliphatic heterocycles. The van der Waals surface area contributed by atoms with Crippen molar-refractivity contribution >= 4 is 61.6 Å². The number of nitrogens with one attached hydrogen (secondary N) is 1. The molecule has 0 bridgehead atoms. The van der Waals surface area contributed by atoms with Gasteiger partial charge in [-0.15, -0.1) is 11.3 Å². The maximum Gasteiger partial charge on any atom is 0.261 e. The first-order valence-electron chi connectivity index (χ1n) is 9.04. The molecule has 0 spiro atoms. The number of rotatable bonds is 6. The van der Waals surface area contributed by atoms with Crippen LogP contribution in [0.5, 0.6) is 0 Å². The van der Waals surface area contributed by atoms with Gasteiger partial charge in [-0.25, -0.2) is 18.4 Å². The van der Waals surface area contributed by atoms with E-state index in [0.717, 1.165) is 5.56 Å². The lowest BCUT2D eigenvalue weighted by Crippen LogP contribution is -2.13. The summed E-state index contributed by atoms with van der Waals surface area (Å²) in [4.78, 5) is 9.04. The van der Waals surface area contributed by atoms with Gasteiger partial charge in [-0.1, -0.05) is 59.6 Å². The molecule has 31 heavy (non-hydrogen) atoms. The highest BCUT2D eigenvalue weighted by Crippen LogP contribution is 2.33. The van der Waals surface area contributed by atoms with E-state index in [9.17, 15) is 8.42 Å². The molecule has 1 aromatic heterocycles. The van der Waals surface area contributed by atoms with Crippen molar-refractivity contribution in [3.8, 4) is 11.3 Å². The third kappa shape index (κ3) is 5.14. The molecular weight excluding hydrogens is 473 g/mol.